The molecule has 0 bridgehead atoms. The first kappa shape index (κ1) is 14.9. The van der Waals surface area contributed by atoms with Gasteiger partial charge >= 0.3 is 0 Å². The van der Waals surface area contributed by atoms with Crippen LogP contribution in [-0.4, -0.2) is 10.0 Å². The first-order valence-corrected chi connectivity index (χ1v) is 4.81. The van der Waals surface area contributed by atoms with Gasteiger partial charge in [-0.2, -0.15) is 0 Å². The Kier molecular flexibility index (Phi) is 5.43. The largest absolute Gasteiger partial charge is 0.506 e. The number of non-ortho nitro benzene ring substituents is 1. The van der Waals surface area contributed by atoms with Crippen molar-refractivity contribution in [3.63, 3.8) is 0 Å². The molecule has 0 radical (unpaired) electrons. The quantitative estimate of drug-likeness (QED) is 0.510. The number of nitrogens with two attached hydrogens (primary N) is 1. The molecular weight excluding hydrogens is 299 g/mol. The third-order valence-corrected chi connectivity index (χ3v) is 2.51. The molecule has 7 heteroatoms. The van der Waals surface area contributed by atoms with E-state index in [1.807, 2.05) is 0 Å². The molecule has 0 amide bonds. The van der Waals surface area contributed by atoms with Crippen LogP contribution in [0.4, 0.5) is 5.69 Å². The average Bonchev–Trinajstić information content (AvgIpc) is 2.20. The number of phenols is 1. The molecule has 1 aromatic rings. The molecule has 0 spiro atoms. The van der Waals surface area contributed by atoms with Crippen LogP contribution in [0.2, 0.25) is 0 Å². The number of nitro groups is 1. The number of phenolic OH excluding ortho intramolecular Hbond substituents is 1. The number of aromatic hydroxyl groups is 1. The molecule has 0 aliphatic rings. The van der Waals surface area contributed by atoms with Crippen molar-refractivity contribution in [1.82, 2.24) is 0 Å². The lowest BCUT2D eigenvalue weighted by molar-refractivity contribution is -0.385. The molecule has 0 heterocycles. The second-order valence-electron chi connectivity index (χ2n) is 2.88. The Morgan fingerprint density at radius 2 is 2.19 bits per heavy atom. The number of rotatable bonds is 3. The zero-order valence-electron chi connectivity index (χ0n) is 8.09. The van der Waals surface area contributed by atoms with Gasteiger partial charge in [0.15, 0.2) is 0 Å². The van der Waals surface area contributed by atoms with Crippen LogP contribution in [0, 0.1) is 10.1 Å². The van der Waals surface area contributed by atoms with Crippen LogP contribution in [0.1, 0.15) is 11.6 Å². The predicted molar refractivity (Wildman–Crippen MR) is 66.8 cm³/mol. The van der Waals surface area contributed by atoms with E-state index in [0.717, 1.165) is 0 Å². The lowest BCUT2D eigenvalue weighted by atomic mass is 10.1. The van der Waals surface area contributed by atoms with Crippen molar-refractivity contribution >= 4 is 34.0 Å². The zero-order valence-corrected chi connectivity index (χ0v) is 10.5. The van der Waals surface area contributed by atoms with E-state index in [-0.39, 0.29) is 33.9 Å². The van der Waals surface area contributed by atoms with Crippen molar-refractivity contribution in [3.8, 4) is 5.75 Å². The smallest absolute Gasteiger partial charge is 0.271 e. The van der Waals surface area contributed by atoms with Gasteiger partial charge in [-0.05, 0) is 15.9 Å². The van der Waals surface area contributed by atoms with Crippen LogP contribution >= 0.6 is 28.3 Å². The van der Waals surface area contributed by atoms with Gasteiger partial charge in [0.25, 0.3) is 5.69 Å². The molecule has 0 fully saturated rings. The molecule has 0 aromatic heterocycles. The molecule has 1 atom stereocenters. The average molecular weight is 310 g/mol. The van der Waals surface area contributed by atoms with Gasteiger partial charge in [0.1, 0.15) is 5.75 Å². The van der Waals surface area contributed by atoms with Gasteiger partial charge in [0, 0.05) is 17.7 Å². The first-order chi connectivity index (χ1) is 6.97. The van der Waals surface area contributed by atoms with Gasteiger partial charge in [-0.15, -0.1) is 19.0 Å². The Morgan fingerprint density at radius 3 is 2.62 bits per heavy atom. The second-order valence-corrected chi connectivity index (χ2v) is 3.74. The third kappa shape index (κ3) is 2.94. The number of hydrogen-bond acceptors (Lipinski definition) is 4. The third-order valence-electron chi connectivity index (χ3n) is 1.90. The summed E-state index contributed by atoms with van der Waals surface area (Å²) in [5.41, 5.74) is 5.75. The van der Waals surface area contributed by atoms with Gasteiger partial charge in [-0.3, -0.25) is 10.1 Å². The van der Waals surface area contributed by atoms with Crippen LogP contribution in [0.3, 0.4) is 0 Å². The molecule has 0 aliphatic heterocycles. The minimum absolute atomic E-state index is 0. The van der Waals surface area contributed by atoms with Crippen LogP contribution in [0.5, 0.6) is 5.75 Å². The maximum Gasteiger partial charge on any atom is 0.271 e. The summed E-state index contributed by atoms with van der Waals surface area (Å²) in [6.07, 6.45) is 1.39. The van der Waals surface area contributed by atoms with E-state index >= 15 is 0 Å². The molecule has 0 saturated heterocycles. The highest BCUT2D eigenvalue weighted by molar-refractivity contribution is 9.10. The van der Waals surface area contributed by atoms with Crippen molar-refractivity contribution in [2.24, 2.45) is 5.73 Å². The maximum atomic E-state index is 10.6. The Morgan fingerprint density at radius 1 is 1.62 bits per heavy atom. The summed E-state index contributed by atoms with van der Waals surface area (Å²) in [5, 5.41) is 20.2. The Balaban J connectivity index is 0.00000225. The van der Waals surface area contributed by atoms with E-state index < -0.39 is 11.0 Å². The summed E-state index contributed by atoms with van der Waals surface area (Å²) in [4.78, 5) is 10.0. The van der Waals surface area contributed by atoms with Crippen molar-refractivity contribution in [3.05, 3.63) is 44.9 Å². The number of halogens is 2. The number of hydrogen-bond donors (Lipinski definition) is 2. The fourth-order valence-electron chi connectivity index (χ4n) is 1.09. The van der Waals surface area contributed by atoms with Crippen LogP contribution in [-0.2, 0) is 0 Å². The lowest BCUT2D eigenvalue weighted by Gasteiger charge is -2.10. The molecule has 1 aromatic carbocycles. The van der Waals surface area contributed by atoms with E-state index in [1.54, 1.807) is 0 Å². The summed E-state index contributed by atoms with van der Waals surface area (Å²) in [6.45, 7) is 3.46. The Bertz CT molecular complexity index is 425. The van der Waals surface area contributed by atoms with Crippen molar-refractivity contribution in [2.75, 3.05) is 0 Å². The summed E-state index contributed by atoms with van der Waals surface area (Å²) in [6, 6.07) is 1.81. The summed E-state index contributed by atoms with van der Waals surface area (Å²) >= 11 is 3.02. The van der Waals surface area contributed by atoms with Crippen LogP contribution < -0.4 is 5.73 Å². The molecule has 1 rings (SSSR count). The van der Waals surface area contributed by atoms with E-state index in [0.29, 0.717) is 0 Å². The molecule has 0 unspecified atom stereocenters. The topological polar surface area (TPSA) is 89.4 Å². The minimum Gasteiger partial charge on any atom is -0.506 e. The molecule has 0 saturated carbocycles. The standard InChI is InChI=1S/C9H9BrN2O3.ClH/c1-2-8(11)6-3-5(12(14)15)4-7(10)9(6)13;/h2-4,8,13H,1,11H2;1H/t8-;/m0./s1. The fraction of sp³-hybridized carbons (Fsp3) is 0.111. The highest BCUT2D eigenvalue weighted by atomic mass is 79.9. The van der Waals surface area contributed by atoms with E-state index in [9.17, 15) is 15.2 Å². The number of nitrogens with zero attached hydrogens (tertiary/aromatic N) is 1. The molecule has 5 nitrogen and oxygen atoms in total. The summed E-state index contributed by atoms with van der Waals surface area (Å²) in [5.74, 6) is -0.104. The SMILES string of the molecule is C=C[C@H](N)c1cc([N+](=O)[O-])cc(Br)c1O.Cl. The summed E-state index contributed by atoms with van der Waals surface area (Å²) in [7, 11) is 0. The maximum absolute atomic E-state index is 10.6. The molecule has 88 valence electrons. The first-order valence-electron chi connectivity index (χ1n) is 4.02. The normalized spacial score (nSPS) is 11.4. The number of benzene rings is 1. The van der Waals surface area contributed by atoms with Crippen molar-refractivity contribution in [2.45, 2.75) is 6.04 Å². The minimum atomic E-state index is -0.638. The van der Waals surface area contributed by atoms with E-state index in [2.05, 4.69) is 22.5 Å². The van der Waals surface area contributed by atoms with Crippen molar-refractivity contribution < 1.29 is 10.0 Å². The van der Waals surface area contributed by atoms with Crippen molar-refractivity contribution in [1.29, 1.82) is 0 Å². The van der Waals surface area contributed by atoms with Gasteiger partial charge in [0.2, 0.25) is 0 Å². The molecule has 3 N–H and O–H groups in total. The highest BCUT2D eigenvalue weighted by Gasteiger charge is 2.17. The molecule has 0 aliphatic carbocycles. The van der Waals surface area contributed by atoms with Crippen LogP contribution in [0.25, 0.3) is 0 Å². The predicted octanol–water partition coefficient (Wildman–Crippen LogP) is 2.67. The molecule has 16 heavy (non-hydrogen) atoms. The van der Waals surface area contributed by atoms with Gasteiger partial charge in [0.05, 0.1) is 15.4 Å². The van der Waals surface area contributed by atoms with E-state index in [4.69, 9.17) is 5.73 Å². The Labute approximate surface area is 107 Å². The second kappa shape index (κ2) is 5.83. The van der Waals surface area contributed by atoms with Crippen LogP contribution in [0.15, 0.2) is 29.3 Å². The zero-order chi connectivity index (χ0) is 11.6. The van der Waals surface area contributed by atoms with Gasteiger partial charge in [-0.1, -0.05) is 6.08 Å². The Hall–Kier alpha value is -1.11. The van der Waals surface area contributed by atoms with Gasteiger partial charge in [-0.25, -0.2) is 0 Å². The van der Waals surface area contributed by atoms with E-state index in [1.165, 1.54) is 18.2 Å². The summed E-state index contributed by atoms with van der Waals surface area (Å²) < 4.78 is 0.240. The fourth-order valence-corrected chi connectivity index (χ4v) is 1.56. The monoisotopic (exact) mass is 308 g/mol. The number of nitro benzene ring substituents is 1. The highest BCUT2D eigenvalue weighted by Crippen LogP contribution is 2.35. The van der Waals surface area contributed by atoms with Gasteiger partial charge < -0.3 is 10.8 Å². The lowest BCUT2D eigenvalue weighted by Crippen LogP contribution is -2.07. The molecular formula is C9H10BrClN2O3.